The molecule has 1 heterocycles. The van der Waals surface area contributed by atoms with Gasteiger partial charge in [-0.25, -0.2) is 4.79 Å². The van der Waals surface area contributed by atoms with Crippen molar-refractivity contribution in [1.82, 2.24) is 0 Å². The summed E-state index contributed by atoms with van der Waals surface area (Å²) in [6, 6.07) is 14.2. The molecule has 5 nitrogen and oxygen atoms in total. The molecule has 1 unspecified atom stereocenters. The Hall–Kier alpha value is -3.08. The first-order valence-corrected chi connectivity index (χ1v) is 8.44. The number of benzene rings is 2. The summed E-state index contributed by atoms with van der Waals surface area (Å²) in [5.74, 6) is -0.0118. The summed E-state index contributed by atoms with van der Waals surface area (Å²) in [7, 11) is 0. The quantitative estimate of drug-likeness (QED) is 0.645. The smallest absolute Gasteiger partial charge is 0.347 e. The molecule has 3 rings (SSSR count). The van der Waals surface area contributed by atoms with Crippen molar-refractivity contribution in [3.8, 4) is 16.9 Å². The van der Waals surface area contributed by atoms with Gasteiger partial charge in [0.15, 0.2) is 11.5 Å². The summed E-state index contributed by atoms with van der Waals surface area (Å²) in [5.41, 5.74) is 1.59. The van der Waals surface area contributed by atoms with Crippen LogP contribution in [0.25, 0.3) is 22.1 Å². The minimum atomic E-state index is -0.759. The predicted molar refractivity (Wildman–Crippen MR) is 99.2 cm³/mol. The van der Waals surface area contributed by atoms with E-state index < -0.39 is 12.1 Å². The number of carbonyl (C=O) groups is 1. The van der Waals surface area contributed by atoms with E-state index in [9.17, 15) is 9.59 Å². The molecule has 3 aromatic rings. The minimum Gasteiger partial charge on any atom is -0.479 e. The number of hydrogen-bond donors (Lipinski definition) is 0. The van der Waals surface area contributed by atoms with Gasteiger partial charge in [-0.05, 0) is 38.5 Å². The van der Waals surface area contributed by atoms with Crippen LogP contribution in [0, 0.1) is 0 Å². The van der Waals surface area contributed by atoms with E-state index in [-0.39, 0.29) is 11.5 Å². The zero-order valence-electron chi connectivity index (χ0n) is 14.9. The second-order valence-corrected chi connectivity index (χ2v) is 6.25. The SMILES string of the molecule is CC(C)OC(=O)C(C)Oc1ccc2c(=O)c(-c3ccccc3)coc2c1. The maximum absolute atomic E-state index is 12.7. The lowest BCUT2D eigenvalue weighted by Gasteiger charge is -2.15. The van der Waals surface area contributed by atoms with Gasteiger partial charge in [-0.2, -0.15) is 0 Å². The van der Waals surface area contributed by atoms with E-state index >= 15 is 0 Å². The van der Waals surface area contributed by atoms with E-state index in [1.165, 1.54) is 6.26 Å². The normalized spacial score (nSPS) is 12.2. The molecule has 1 atom stereocenters. The molecule has 0 N–H and O–H groups in total. The zero-order valence-corrected chi connectivity index (χ0v) is 14.9. The number of rotatable bonds is 5. The van der Waals surface area contributed by atoms with Crippen molar-refractivity contribution in [1.29, 1.82) is 0 Å². The Balaban J connectivity index is 1.89. The monoisotopic (exact) mass is 352 g/mol. The van der Waals surface area contributed by atoms with Crippen molar-refractivity contribution in [3.05, 3.63) is 65.0 Å². The molecule has 26 heavy (non-hydrogen) atoms. The van der Waals surface area contributed by atoms with Crippen LogP contribution in [-0.4, -0.2) is 18.2 Å². The highest BCUT2D eigenvalue weighted by Crippen LogP contribution is 2.23. The lowest BCUT2D eigenvalue weighted by molar-refractivity contribution is -0.154. The van der Waals surface area contributed by atoms with E-state index in [2.05, 4.69) is 0 Å². The molecule has 0 spiro atoms. The highest BCUT2D eigenvalue weighted by molar-refractivity contribution is 5.82. The van der Waals surface area contributed by atoms with Gasteiger partial charge in [0.1, 0.15) is 17.6 Å². The molecule has 0 aliphatic carbocycles. The van der Waals surface area contributed by atoms with Crippen LogP contribution in [0.2, 0.25) is 0 Å². The molecule has 0 amide bonds. The molecule has 0 radical (unpaired) electrons. The third kappa shape index (κ3) is 3.77. The fraction of sp³-hybridized carbons (Fsp3) is 0.238. The Morgan fingerprint density at radius 3 is 2.46 bits per heavy atom. The third-order valence-corrected chi connectivity index (χ3v) is 3.83. The summed E-state index contributed by atoms with van der Waals surface area (Å²) in [6.45, 7) is 5.17. The van der Waals surface area contributed by atoms with Crippen molar-refractivity contribution in [3.63, 3.8) is 0 Å². The van der Waals surface area contributed by atoms with Gasteiger partial charge in [0.25, 0.3) is 0 Å². The van der Waals surface area contributed by atoms with E-state index in [1.807, 2.05) is 30.3 Å². The Bertz CT molecular complexity index is 973. The summed E-state index contributed by atoms with van der Waals surface area (Å²) < 4.78 is 16.4. The number of hydrogen-bond acceptors (Lipinski definition) is 5. The van der Waals surface area contributed by atoms with Crippen molar-refractivity contribution >= 4 is 16.9 Å². The first kappa shape index (κ1) is 17.7. The number of carbonyl (C=O) groups excluding carboxylic acids is 1. The van der Waals surface area contributed by atoms with Crippen LogP contribution < -0.4 is 10.2 Å². The molecule has 0 bridgehead atoms. The molecule has 134 valence electrons. The van der Waals surface area contributed by atoms with Gasteiger partial charge in [0.05, 0.1) is 17.1 Å². The van der Waals surface area contributed by atoms with Gasteiger partial charge in [-0.1, -0.05) is 30.3 Å². The van der Waals surface area contributed by atoms with Crippen LogP contribution in [0.5, 0.6) is 5.75 Å². The molecule has 0 fully saturated rings. The van der Waals surface area contributed by atoms with E-state index in [0.29, 0.717) is 22.3 Å². The fourth-order valence-electron chi connectivity index (χ4n) is 2.58. The molecule has 0 aliphatic heterocycles. The second-order valence-electron chi connectivity index (χ2n) is 6.25. The molecular formula is C21H20O5. The zero-order chi connectivity index (χ0) is 18.7. The molecule has 2 aromatic carbocycles. The Morgan fingerprint density at radius 2 is 1.77 bits per heavy atom. The van der Waals surface area contributed by atoms with Crippen LogP contribution in [0.3, 0.4) is 0 Å². The summed E-state index contributed by atoms with van der Waals surface area (Å²) in [5, 5.41) is 0.455. The minimum absolute atomic E-state index is 0.115. The van der Waals surface area contributed by atoms with Crippen LogP contribution >= 0.6 is 0 Å². The van der Waals surface area contributed by atoms with E-state index in [0.717, 1.165) is 5.56 Å². The molecule has 0 aliphatic rings. The molecular weight excluding hydrogens is 332 g/mol. The Morgan fingerprint density at radius 1 is 1.04 bits per heavy atom. The number of esters is 1. The van der Waals surface area contributed by atoms with Crippen LogP contribution in [0.4, 0.5) is 0 Å². The largest absolute Gasteiger partial charge is 0.479 e. The molecule has 1 aromatic heterocycles. The highest BCUT2D eigenvalue weighted by Gasteiger charge is 2.18. The van der Waals surface area contributed by atoms with Crippen molar-refractivity contribution < 1.29 is 18.7 Å². The lowest BCUT2D eigenvalue weighted by Crippen LogP contribution is -2.28. The van der Waals surface area contributed by atoms with Crippen molar-refractivity contribution in [2.24, 2.45) is 0 Å². The fourth-order valence-corrected chi connectivity index (χ4v) is 2.58. The Labute approximate surface area is 151 Å². The first-order valence-electron chi connectivity index (χ1n) is 8.44. The van der Waals surface area contributed by atoms with Crippen LogP contribution in [-0.2, 0) is 9.53 Å². The van der Waals surface area contributed by atoms with Gasteiger partial charge in [0.2, 0.25) is 0 Å². The van der Waals surface area contributed by atoms with E-state index in [4.69, 9.17) is 13.9 Å². The lowest BCUT2D eigenvalue weighted by atomic mass is 10.1. The van der Waals surface area contributed by atoms with E-state index in [1.54, 1.807) is 39.0 Å². The van der Waals surface area contributed by atoms with Gasteiger partial charge < -0.3 is 13.9 Å². The van der Waals surface area contributed by atoms with Crippen molar-refractivity contribution in [2.45, 2.75) is 33.0 Å². The van der Waals surface area contributed by atoms with Gasteiger partial charge >= 0.3 is 5.97 Å². The van der Waals surface area contributed by atoms with Gasteiger partial charge in [-0.15, -0.1) is 0 Å². The molecule has 0 saturated heterocycles. The third-order valence-electron chi connectivity index (χ3n) is 3.83. The van der Waals surface area contributed by atoms with Gasteiger partial charge in [-0.3, -0.25) is 4.79 Å². The Kier molecular flexibility index (Phi) is 5.07. The van der Waals surface area contributed by atoms with Crippen LogP contribution in [0.1, 0.15) is 20.8 Å². The topological polar surface area (TPSA) is 65.7 Å². The average molecular weight is 352 g/mol. The highest BCUT2D eigenvalue weighted by atomic mass is 16.6. The number of fused-ring (bicyclic) bond motifs is 1. The molecule has 5 heteroatoms. The second kappa shape index (κ2) is 7.44. The maximum atomic E-state index is 12.7. The predicted octanol–water partition coefficient (Wildman–Crippen LogP) is 4.18. The first-order chi connectivity index (χ1) is 12.5. The average Bonchev–Trinajstić information content (AvgIpc) is 2.62. The molecule has 0 saturated carbocycles. The number of ether oxygens (including phenoxy) is 2. The summed E-state index contributed by atoms with van der Waals surface area (Å²) >= 11 is 0. The van der Waals surface area contributed by atoms with Gasteiger partial charge in [0, 0.05) is 6.07 Å². The summed E-state index contributed by atoms with van der Waals surface area (Å²) in [4.78, 5) is 24.6. The standard InChI is InChI=1S/C21H20O5/c1-13(2)25-21(23)14(3)26-16-9-10-17-19(11-16)24-12-18(20(17)22)15-7-5-4-6-8-15/h4-14H,1-3H3. The van der Waals surface area contributed by atoms with Crippen molar-refractivity contribution in [2.75, 3.05) is 0 Å². The summed E-state index contributed by atoms with van der Waals surface area (Å²) in [6.07, 6.45) is 0.477. The maximum Gasteiger partial charge on any atom is 0.347 e. The van der Waals surface area contributed by atoms with Crippen LogP contribution in [0.15, 0.2) is 64.0 Å².